The maximum absolute atomic E-state index is 13.3. The first-order valence-electron chi connectivity index (χ1n) is 6.45. The first-order chi connectivity index (χ1) is 9.84. The number of sulfonamides is 1. The van der Waals surface area contributed by atoms with E-state index in [1.54, 1.807) is 13.8 Å². The Labute approximate surface area is 124 Å². The van der Waals surface area contributed by atoms with Crippen LogP contribution in [0, 0.1) is 17.7 Å². The van der Waals surface area contributed by atoms with Gasteiger partial charge in [0.05, 0.1) is 18.0 Å². The average molecular weight is 314 g/mol. The van der Waals surface area contributed by atoms with Gasteiger partial charge >= 0.3 is 0 Å². The number of hydrogen-bond acceptors (Lipinski definition) is 4. The van der Waals surface area contributed by atoms with Gasteiger partial charge in [-0.3, -0.25) is 0 Å². The van der Waals surface area contributed by atoms with Gasteiger partial charge < -0.3 is 10.8 Å². The summed E-state index contributed by atoms with van der Waals surface area (Å²) in [6.07, 6.45) is 0. The largest absolute Gasteiger partial charge is 0.395 e. The Balaban J connectivity index is 3.42. The van der Waals surface area contributed by atoms with Crippen molar-refractivity contribution in [2.45, 2.75) is 24.8 Å². The topological polar surface area (TPSA) is 83.6 Å². The molecule has 0 aliphatic heterocycles. The molecule has 0 aromatic heterocycles. The molecule has 5 nitrogen and oxygen atoms in total. The Morgan fingerprint density at radius 1 is 1.43 bits per heavy atom. The molecule has 0 fully saturated rings. The predicted molar refractivity (Wildman–Crippen MR) is 78.4 cm³/mol. The molecule has 0 aliphatic carbocycles. The van der Waals surface area contributed by atoms with Crippen molar-refractivity contribution in [3.05, 3.63) is 29.6 Å². The number of benzene rings is 1. The molecule has 3 N–H and O–H groups in total. The Bertz CT molecular complexity index is 648. The lowest BCUT2D eigenvalue weighted by atomic mass is 10.2. The van der Waals surface area contributed by atoms with Crippen LogP contribution < -0.4 is 5.73 Å². The quantitative estimate of drug-likeness (QED) is 0.777. The number of halogens is 1. The highest BCUT2D eigenvalue weighted by Gasteiger charge is 2.28. The van der Waals surface area contributed by atoms with Gasteiger partial charge in [0.1, 0.15) is 5.82 Å². The van der Waals surface area contributed by atoms with Crippen molar-refractivity contribution < 1.29 is 17.9 Å². The zero-order valence-corrected chi connectivity index (χ0v) is 12.8. The number of hydrogen-bond donors (Lipinski definition) is 2. The Kier molecular flexibility index (Phi) is 6.30. The van der Waals surface area contributed by atoms with Crippen LogP contribution in [0.5, 0.6) is 0 Å². The van der Waals surface area contributed by atoms with E-state index in [2.05, 4.69) is 11.8 Å². The summed E-state index contributed by atoms with van der Waals surface area (Å²) in [5, 5.41) is 9.04. The summed E-state index contributed by atoms with van der Waals surface area (Å²) >= 11 is 0. The van der Waals surface area contributed by atoms with Gasteiger partial charge in [-0.15, -0.1) is 0 Å². The van der Waals surface area contributed by atoms with Gasteiger partial charge in [0.15, 0.2) is 0 Å². The summed E-state index contributed by atoms with van der Waals surface area (Å²) < 4.78 is 39.8. The highest BCUT2D eigenvalue weighted by Crippen LogP contribution is 2.22. The lowest BCUT2D eigenvalue weighted by Gasteiger charge is -2.25. The van der Waals surface area contributed by atoms with Gasteiger partial charge in [0.25, 0.3) is 0 Å². The highest BCUT2D eigenvalue weighted by molar-refractivity contribution is 7.89. The zero-order valence-electron chi connectivity index (χ0n) is 12.0. The Hall–Kier alpha value is -1.46. The molecule has 0 atom stereocenters. The highest BCUT2D eigenvalue weighted by atomic mass is 32.2. The minimum absolute atomic E-state index is 0.0405. The first kappa shape index (κ1) is 17.6. The molecular formula is C14H19FN2O3S. The van der Waals surface area contributed by atoms with E-state index in [9.17, 15) is 12.8 Å². The molecule has 0 amide bonds. The van der Waals surface area contributed by atoms with Crippen molar-refractivity contribution in [2.24, 2.45) is 5.73 Å². The van der Waals surface area contributed by atoms with Crippen molar-refractivity contribution in [3.8, 4) is 11.8 Å². The lowest BCUT2D eigenvalue weighted by molar-refractivity contribution is 0.236. The monoisotopic (exact) mass is 314 g/mol. The van der Waals surface area contributed by atoms with Crippen LogP contribution in [0.3, 0.4) is 0 Å². The van der Waals surface area contributed by atoms with E-state index >= 15 is 0 Å². The molecule has 1 aromatic carbocycles. The van der Waals surface area contributed by atoms with E-state index in [-0.39, 0.29) is 36.2 Å². The minimum Gasteiger partial charge on any atom is -0.395 e. The first-order valence-corrected chi connectivity index (χ1v) is 7.89. The smallest absolute Gasteiger partial charge is 0.244 e. The van der Waals surface area contributed by atoms with Crippen LogP contribution >= 0.6 is 0 Å². The summed E-state index contributed by atoms with van der Waals surface area (Å²) in [6, 6.07) is 2.96. The van der Waals surface area contributed by atoms with E-state index in [4.69, 9.17) is 10.8 Å². The van der Waals surface area contributed by atoms with Crippen molar-refractivity contribution in [3.63, 3.8) is 0 Å². The third-order valence-corrected chi connectivity index (χ3v) is 4.88. The molecule has 1 aromatic rings. The predicted octanol–water partition coefficient (Wildman–Crippen LogP) is 0.527. The molecule has 1 rings (SSSR count). The fourth-order valence-corrected chi connectivity index (χ4v) is 3.61. The molecule has 0 spiro atoms. The fourth-order valence-electron chi connectivity index (χ4n) is 1.85. The number of nitrogens with two attached hydrogens (primary N) is 1. The number of aliphatic hydroxyl groups is 1. The summed E-state index contributed by atoms with van der Waals surface area (Å²) in [5.74, 6) is 4.52. The standard InChI is InChI=1S/C14H19FN2O3S/c1-11(2)17(8-9-18)21(19,20)14-6-5-13(15)10-12(14)4-3-7-16/h5-6,10-11,18H,7-9,16H2,1-2H3. The van der Waals surface area contributed by atoms with Gasteiger partial charge in [-0.25, -0.2) is 12.8 Å². The number of aliphatic hydroxyl groups excluding tert-OH is 1. The molecule has 116 valence electrons. The lowest BCUT2D eigenvalue weighted by Crippen LogP contribution is -2.39. The number of nitrogens with zero attached hydrogens (tertiary/aromatic N) is 1. The summed E-state index contributed by atoms with van der Waals surface area (Å²) in [6.45, 7) is 3.09. The Morgan fingerprint density at radius 3 is 2.62 bits per heavy atom. The van der Waals surface area contributed by atoms with E-state index < -0.39 is 15.8 Å². The fraction of sp³-hybridized carbons (Fsp3) is 0.429. The molecule has 7 heteroatoms. The van der Waals surface area contributed by atoms with Crippen LogP contribution in [-0.4, -0.2) is 43.6 Å². The second-order valence-corrected chi connectivity index (χ2v) is 6.44. The van der Waals surface area contributed by atoms with Crippen molar-refractivity contribution >= 4 is 10.0 Å². The average Bonchev–Trinajstić information content (AvgIpc) is 2.41. The molecule has 0 radical (unpaired) electrons. The molecular weight excluding hydrogens is 295 g/mol. The maximum Gasteiger partial charge on any atom is 0.244 e. The SMILES string of the molecule is CC(C)N(CCO)S(=O)(=O)c1ccc(F)cc1C#CCN. The van der Waals surface area contributed by atoms with Gasteiger partial charge in [-0.2, -0.15) is 4.31 Å². The second-order valence-electron chi connectivity index (χ2n) is 4.58. The van der Waals surface area contributed by atoms with Crippen LogP contribution in [-0.2, 0) is 10.0 Å². The van der Waals surface area contributed by atoms with Crippen LogP contribution in [0.2, 0.25) is 0 Å². The van der Waals surface area contributed by atoms with Crippen LogP contribution in [0.1, 0.15) is 19.4 Å². The summed E-state index contributed by atoms with van der Waals surface area (Å²) in [7, 11) is -3.88. The summed E-state index contributed by atoms with van der Waals surface area (Å²) in [4.78, 5) is -0.0907. The number of rotatable bonds is 5. The maximum atomic E-state index is 13.3. The van der Waals surface area contributed by atoms with Crippen molar-refractivity contribution in [2.75, 3.05) is 19.7 Å². The molecule has 21 heavy (non-hydrogen) atoms. The van der Waals surface area contributed by atoms with E-state index in [1.165, 1.54) is 6.07 Å². The van der Waals surface area contributed by atoms with Gasteiger partial charge in [0.2, 0.25) is 10.0 Å². The second kappa shape index (κ2) is 7.52. The molecule has 0 saturated carbocycles. The van der Waals surface area contributed by atoms with Gasteiger partial charge in [0, 0.05) is 18.2 Å². The normalized spacial score (nSPS) is 11.6. The minimum atomic E-state index is -3.88. The molecule has 0 saturated heterocycles. The van der Waals surface area contributed by atoms with Crippen molar-refractivity contribution in [1.29, 1.82) is 0 Å². The van der Waals surface area contributed by atoms with E-state index in [0.717, 1.165) is 16.4 Å². The summed E-state index contributed by atoms with van der Waals surface area (Å²) in [5.41, 5.74) is 5.33. The van der Waals surface area contributed by atoms with Crippen LogP contribution in [0.4, 0.5) is 4.39 Å². The van der Waals surface area contributed by atoms with Crippen LogP contribution in [0.15, 0.2) is 23.1 Å². The van der Waals surface area contributed by atoms with Gasteiger partial charge in [-0.1, -0.05) is 11.8 Å². The van der Waals surface area contributed by atoms with E-state index in [1.807, 2.05) is 0 Å². The van der Waals surface area contributed by atoms with Crippen LogP contribution in [0.25, 0.3) is 0 Å². The Morgan fingerprint density at radius 2 is 2.10 bits per heavy atom. The van der Waals surface area contributed by atoms with Crippen molar-refractivity contribution in [1.82, 2.24) is 4.31 Å². The molecule has 0 aliphatic rings. The van der Waals surface area contributed by atoms with Gasteiger partial charge in [-0.05, 0) is 32.0 Å². The van der Waals surface area contributed by atoms with E-state index in [0.29, 0.717) is 0 Å². The zero-order chi connectivity index (χ0) is 16.0. The molecule has 0 bridgehead atoms. The third-order valence-electron chi connectivity index (χ3n) is 2.75. The molecule has 0 heterocycles. The third kappa shape index (κ3) is 4.25. The molecule has 0 unspecified atom stereocenters.